The first-order valence-corrected chi connectivity index (χ1v) is 10.0. The van der Waals surface area contributed by atoms with E-state index in [0.717, 1.165) is 33.9 Å². The number of carbonyl (C=O) groups is 1. The Morgan fingerprint density at radius 2 is 1.97 bits per heavy atom. The van der Waals surface area contributed by atoms with Crippen LogP contribution in [0.3, 0.4) is 0 Å². The highest BCUT2D eigenvalue weighted by Crippen LogP contribution is 2.36. The number of nitrogens with zero attached hydrogens (tertiary/aromatic N) is 2. The van der Waals surface area contributed by atoms with E-state index in [1.165, 1.54) is 12.1 Å². The minimum absolute atomic E-state index is 0.0837. The van der Waals surface area contributed by atoms with Gasteiger partial charge in [-0.05, 0) is 36.8 Å². The summed E-state index contributed by atoms with van der Waals surface area (Å²) in [6, 6.07) is 11.1. The minimum atomic E-state index is -4.52. The van der Waals surface area contributed by atoms with Crippen LogP contribution in [0.25, 0.3) is 11.3 Å². The number of thiazole rings is 1. The maximum atomic E-state index is 13.2. The van der Waals surface area contributed by atoms with Crippen molar-refractivity contribution in [2.75, 3.05) is 11.4 Å². The third-order valence-electron chi connectivity index (χ3n) is 3.96. The first-order chi connectivity index (χ1) is 13.8. The van der Waals surface area contributed by atoms with Crippen LogP contribution in [0.15, 0.2) is 53.9 Å². The molecule has 0 saturated carbocycles. The van der Waals surface area contributed by atoms with Crippen LogP contribution in [0.1, 0.15) is 18.9 Å². The molecular weight excluding hydrogens is 423 g/mol. The number of benzene rings is 2. The number of amides is 2. The van der Waals surface area contributed by atoms with Gasteiger partial charge in [-0.2, -0.15) is 13.2 Å². The highest BCUT2D eigenvalue weighted by molar-refractivity contribution is 7.14. The highest BCUT2D eigenvalue weighted by Gasteiger charge is 2.32. The fraction of sp³-hybridized carbons (Fsp3) is 0.200. The predicted octanol–water partition coefficient (Wildman–Crippen LogP) is 6.74. The summed E-state index contributed by atoms with van der Waals surface area (Å²) >= 11 is 7.18. The van der Waals surface area contributed by atoms with Gasteiger partial charge in [0.15, 0.2) is 5.13 Å². The van der Waals surface area contributed by atoms with Gasteiger partial charge in [-0.3, -0.25) is 0 Å². The molecule has 1 N–H and O–H groups in total. The van der Waals surface area contributed by atoms with Crippen LogP contribution >= 0.6 is 22.9 Å². The number of anilines is 2. The molecule has 2 aromatic carbocycles. The Kier molecular flexibility index (Phi) is 6.44. The number of hydrogen-bond acceptors (Lipinski definition) is 3. The van der Waals surface area contributed by atoms with E-state index in [2.05, 4.69) is 10.3 Å². The van der Waals surface area contributed by atoms with Gasteiger partial charge < -0.3 is 5.32 Å². The molecule has 3 rings (SSSR count). The van der Waals surface area contributed by atoms with Crippen LogP contribution in [0.2, 0.25) is 5.02 Å². The van der Waals surface area contributed by atoms with Crippen molar-refractivity contribution in [3.8, 4) is 11.3 Å². The molecule has 1 aromatic heterocycles. The number of halogens is 4. The van der Waals surface area contributed by atoms with Gasteiger partial charge >= 0.3 is 12.2 Å². The molecule has 0 aliphatic carbocycles. The summed E-state index contributed by atoms with van der Waals surface area (Å²) in [5.74, 6) is 0. The van der Waals surface area contributed by atoms with Gasteiger partial charge in [0, 0.05) is 22.5 Å². The largest absolute Gasteiger partial charge is 0.416 e. The summed E-state index contributed by atoms with van der Waals surface area (Å²) in [5.41, 5.74) is 0.570. The van der Waals surface area contributed by atoms with Crippen molar-refractivity contribution in [3.63, 3.8) is 0 Å². The Labute approximate surface area is 175 Å². The summed E-state index contributed by atoms with van der Waals surface area (Å²) in [5, 5.41) is 5.22. The van der Waals surface area contributed by atoms with E-state index in [0.29, 0.717) is 23.7 Å². The summed E-state index contributed by atoms with van der Waals surface area (Å²) in [6.45, 7) is 2.27. The van der Waals surface area contributed by atoms with Crippen molar-refractivity contribution in [3.05, 3.63) is 64.5 Å². The van der Waals surface area contributed by atoms with E-state index < -0.39 is 17.8 Å². The maximum absolute atomic E-state index is 13.2. The van der Waals surface area contributed by atoms with Gasteiger partial charge in [-0.25, -0.2) is 14.7 Å². The second kappa shape index (κ2) is 8.84. The van der Waals surface area contributed by atoms with Crippen LogP contribution in [-0.2, 0) is 6.18 Å². The van der Waals surface area contributed by atoms with Crippen molar-refractivity contribution < 1.29 is 18.0 Å². The van der Waals surface area contributed by atoms with Crippen LogP contribution in [-0.4, -0.2) is 17.6 Å². The number of aromatic nitrogens is 1. The molecule has 0 fully saturated rings. The zero-order valence-electron chi connectivity index (χ0n) is 15.3. The lowest BCUT2D eigenvalue weighted by Gasteiger charge is -2.21. The molecular formula is C20H17ClF3N3OS. The van der Waals surface area contributed by atoms with Crippen molar-refractivity contribution in [1.29, 1.82) is 0 Å². The van der Waals surface area contributed by atoms with E-state index in [1.807, 2.05) is 13.0 Å². The van der Waals surface area contributed by atoms with Crippen molar-refractivity contribution in [2.24, 2.45) is 0 Å². The molecule has 29 heavy (non-hydrogen) atoms. The second-order valence-electron chi connectivity index (χ2n) is 6.14. The third-order valence-corrected chi connectivity index (χ3v) is 5.03. The zero-order valence-corrected chi connectivity index (χ0v) is 16.9. The third kappa shape index (κ3) is 5.07. The van der Waals surface area contributed by atoms with Crippen LogP contribution < -0.4 is 10.2 Å². The summed E-state index contributed by atoms with van der Waals surface area (Å²) in [4.78, 5) is 18.4. The van der Waals surface area contributed by atoms with Crippen molar-refractivity contribution in [1.82, 2.24) is 10.3 Å². The fourth-order valence-electron chi connectivity index (χ4n) is 2.59. The van der Waals surface area contributed by atoms with Crippen LogP contribution in [0, 0.1) is 0 Å². The molecule has 4 nitrogen and oxygen atoms in total. The lowest BCUT2D eigenvalue weighted by molar-refractivity contribution is -0.137. The van der Waals surface area contributed by atoms with Crippen molar-refractivity contribution >= 4 is 39.8 Å². The van der Waals surface area contributed by atoms with Gasteiger partial charge in [0.2, 0.25) is 0 Å². The summed E-state index contributed by atoms with van der Waals surface area (Å²) < 4.78 is 39.5. The number of urea groups is 1. The van der Waals surface area contributed by atoms with E-state index in [4.69, 9.17) is 11.6 Å². The van der Waals surface area contributed by atoms with Crippen LogP contribution in [0.5, 0.6) is 0 Å². The Balaban J connectivity index is 2.02. The smallest absolute Gasteiger partial charge is 0.337 e. The monoisotopic (exact) mass is 439 g/mol. The first-order valence-electron chi connectivity index (χ1n) is 8.76. The molecule has 1 heterocycles. The molecule has 0 unspecified atom stereocenters. The van der Waals surface area contributed by atoms with Gasteiger partial charge in [0.25, 0.3) is 0 Å². The highest BCUT2D eigenvalue weighted by atomic mass is 35.5. The molecule has 0 aliphatic rings. The molecule has 0 bridgehead atoms. The van der Waals surface area contributed by atoms with E-state index in [9.17, 15) is 18.0 Å². The van der Waals surface area contributed by atoms with E-state index >= 15 is 0 Å². The second-order valence-corrected chi connectivity index (χ2v) is 7.41. The minimum Gasteiger partial charge on any atom is -0.337 e. The average molecular weight is 440 g/mol. The fourth-order valence-corrected chi connectivity index (χ4v) is 3.64. The summed E-state index contributed by atoms with van der Waals surface area (Å²) in [6.07, 6.45) is -3.83. The molecule has 0 spiro atoms. The Hall–Kier alpha value is -2.58. The molecule has 0 saturated heterocycles. The Bertz CT molecular complexity index is 1010. The van der Waals surface area contributed by atoms with Crippen LogP contribution in [0.4, 0.5) is 28.8 Å². The maximum Gasteiger partial charge on any atom is 0.416 e. The molecule has 0 radical (unpaired) electrons. The number of rotatable bonds is 5. The molecule has 0 atom stereocenters. The Morgan fingerprint density at radius 3 is 2.66 bits per heavy atom. The lowest BCUT2D eigenvalue weighted by Crippen LogP contribution is -2.37. The van der Waals surface area contributed by atoms with E-state index in [-0.39, 0.29) is 10.8 Å². The van der Waals surface area contributed by atoms with E-state index in [1.54, 1.807) is 23.6 Å². The number of alkyl halides is 3. The van der Waals surface area contributed by atoms with Gasteiger partial charge in [-0.1, -0.05) is 36.7 Å². The molecule has 9 heteroatoms. The number of hydrogen-bond donors (Lipinski definition) is 1. The zero-order chi connectivity index (χ0) is 21.0. The SMILES string of the molecule is CCCNC(=O)N(c1cccc(C(F)(F)F)c1)c1nc(-c2cccc(Cl)c2)cs1. The Morgan fingerprint density at radius 1 is 1.21 bits per heavy atom. The number of carbonyl (C=O) groups excluding carboxylic acids is 1. The molecule has 3 aromatic rings. The molecule has 152 valence electrons. The molecule has 0 aliphatic heterocycles. The topological polar surface area (TPSA) is 45.2 Å². The quantitative estimate of drug-likeness (QED) is 0.478. The van der Waals surface area contributed by atoms with Gasteiger partial charge in [-0.15, -0.1) is 11.3 Å². The number of nitrogens with one attached hydrogen (secondary N) is 1. The predicted molar refractivity (Wildman–Crippen MR) is 110 cm³/mol. The van der Waals surface area contributed by atoms with Crippen molar-refractivity contribution in [2.45, 2.75) is 19.5 Å². The first kappa shape index (κ1) is 21.1. The standard InChI is InChI=1S/C20H17ClF3N3OS/c1-2-9-25-18(28)27(16-8-4-6-14(11-16)20(22,23)24)19-26-17(12-29-19)13-5-3-7-15(21)10-13/h3-8,10-12H,2,9H2,1H3,(H,25,28). The lowest BCUT2D eigenvalue weighted by atomic mass is 10.2. The van der Waals surface area contributed by atoms with Gasteiger partial charge in [0.1, 0.15) is 0 Å². The van der Waals surface area contributed by atoms with Gasteiger partial charge in [0.05, 0.1) is 16.9 Å². The average Bonchev–Trinajstić information content (AvgIpc) is 3.16. The molecule has 2 amide bonds. The normalized spacial score (nSPS) is 11.3. The summed E-state index contributed by atoms with van der Waals surface area (Å²) in [7, 11) is 0.